The second kappa shape index (κ2) is 16.3. The third-order valence-electron chi connectivity index (χ3n) is 8.63. The molecule has 4 aromatic carbocycles. The lowest BCUT2D eigenvalue weighted by Gasteiger charge is -2.35. The molecule has 13 heteroatoms. The number of halogens is 5. The van der Waals surface area contributed by atoms with Crippen LogP contribution >= 0.6 is 23.2 Å². The van der Waals surface area contributed by atoms with E-state index in [4.69, 9.17) is 23.2 Å². The molecule has 50 heavy (non-hydrogen) atoms. The standard InChI is InChI=1S/C37H36Cl2F3N3O4S/c38-32-20-19-27(21-33(32)39)24-44(34(22-26-11-4-1-5-12-26)36(47)43-29-14-6-2-7-15-29)35(46)25-45(50(48,49)31-17-8-3-9-18-31)30-16-10-13-28(23-30)37(40,41)42/h1,3-5,8-13,16-21,23,29,34H,2,6-7,14-15,22,24-25H2,(H,43,47). The Bertz CT molecular complexity index is 1890. The minimum absolute atomic E-state index is 0.0848. The van der Waals surface area contributed by atoms with Gasteiger partial charge in [-0.15, -0.1) is 0 Å². The van der Waals surface area contributed by atoms with E-state index in [0.717, 1.165) is 49.8 Å². The number of nitrogens with one attached hydrogen (secondary N) is 1. The van der Waals surface area contributed by atoms with E-state index in [2.05, 4.69) is 5.32 Å². The van der Waals surface area contributed by atoms with E-state index < -0.39 is 46.2 Å². The lowest BCUT2D eigenvalue weighted by Crippen LogP contribution is -2.55. The van der Waals surface area contributed by atoms with E-state index >= 15 is 0 Å². The first-order valence-corrected chi connectivity index (χ1v) is 18.4. The highest BCUT2D eigenvalue weighted by Crippen LogP contribution is 2.34. The van der Waals surface area contributed by atoms with Crippen LogP contribution in [0.3, 0.4) is 0 Å². The zero-order chi connectivity index (χ0) is 35.9. The fourth-order valence-corrected chi connectivity index (χ4v) is 7.77. The highest BCUT2D eigenvalue weighted by Gasteiger charge is 2.37. The molecular weight excluding hydrogens is 710 g/mol. The summed E-state index contributed by atoms with van der Waals surface area (Å²) in [6.07, 6.45) is -0.177. The molecule has 0 spiro atoms. The maximum atomic E-state index is 14.6. The lowest BCUT2D eigenvalue weighted by molar-refractivity contribution is -0.140. The number of benzene rings is 4. The molecule has 1 atom stereocenters. The number of sulfonamides is 1. The van der Waals surface area contributed by atoms with Gasteiger partial charge < -0.3 is 10.2 Å². The van der Waals surface area contributed by atoms with Crippen molar-refractivity contribution in [3.63, 3.8) is 0 Å². The van der Waals surface area contributed by atoms with Gasteiger partial charge in [0.25, 0.3) is 10.0 Å². The number of rotatable bonds is 12. The third kappa shape index (κ3) is 9.38. The Balaban J connectivity index is 1.60. The van der Waals surface area contributed by atoms with Crippen molar-refractivity contribution >= 4 is 50.7 Å². The third-order valence-corrected chi connectivity index (χ3v) is 11.2. The minimum Gasteiger partial charge on any atom is -0.352 e. The molecule has 7 nitrogen and oxygen atoms in total. The molecule has 0 heterocycles. The molecular formula is C37H36Cl2F3N3O4S. The Morgan fingerprint density at radius 2 is 1.46 bits per heavy atom. The molecule has 1 saturated carbocycles. The molecule has 5 rings (SSSR count). The molecule has 4 aromatic rings. The first kappa shape index (κ1) is 37.2. The number of hydrogen-bond donors (Lipinski definition) is 1. The van der Waals surface area contributed by atoms with Crippen LogP contribution < -0.4 is 9.62 Å². The number of anilines is 1. The molecule has 0 saturated heterocycles. The fraction of sp³-hybridized carbons (Fsp3) is 0.297. The van der Waals surface area contributed by atoms with Crippen molar-refractivity contribution in [1.82, 2.24) is 10.2 Å². The van der Waals surface area contributed by atoms with E-state index in [1.54, 1.807) is 36.4 Å². The van der Waals surface area contributed by atoms with Gasteiger partial charge in [0.05, 0.1) is 26.2 Å². The summed E-state index contributed by atoms with van der Waals surface area (Å²) in [5.41, 5.74) is -0.197. The fourth-order valence-electron chi connectivity index (χ4n) is 6.02. The number of nitrogens with zero attached hydrogens (tertiary/aromatic N) is 2. The summed E-state index contributed by atoms with van der Waals surface area (Å²) < 4.78 is 70.4. The quantitative estimate of drug-likeness (QED) is 0.158. The Morgan fingerprint density at radius 1 is 0.800 bits per heavy atom. The highest BCUT2D eigenvalue weighted by atomic mass is 35.5. The second-order valence-corrected chi connectivity index (χ2v) is 14.9. The molecule has 0 aliphatic heterocycles. The Hall–Kier alpha value is -4.06. The number of alkyl halides is 3. The van der Waals surface area contributed by atoms with E-state index in [1.165, 1.54) is 35.2 Å². The summed E-state index contributed by atoms with van der Waals surface area (Å²) in [6, 6.07) is 23.5. The Labute approximate surface area is 300 Å². The molecule has 1 aliphatic carbocycles. The van der Waals surface area contributed by atoms with Gasteiger partial charge in [-0.05, 0) is 66.4 Å². The number of carbonyl (C=O) groups is 2. The maximum Gasteiger partial charge on any atom is 0.416 e. The molecule has 1 fully saturated rings. The molecule has 1 unspecified atom stereocenters. The van der Waals surface area contributed by atoms with E-state index in [0.29, 0.717) is 15.9 Å². The van der Waals surface area contributed by atoms with Crippen LogP contribution in [0.4, 0.5) is 18.9 Å². The Kier molecular flexibility index (Phi) is 12.1. The van der Waals surface area contributed by atoms with Crippen LogP contribution in [0.1, 0.15) is 48.8 Å². The zero-order valence-corrected chi connectivity index (χ0v) is 29.3. The monoisotopic (exact) mass is 745 g/mol. The van der Waals surface area contributed by atoms with E-state index in [1.807, 2.05) is 18.2 Å². The van der Waals surface area contributed by atoms with E-state index in [9.17, 15) is 31.2 Å². The van der Waals surface area contributed by atoms with Gasteiger partial charge in [-0.2, -0.15) is 13.2 Å². The predicted octanol–water partition coefficient (Wildman–Crippen LogP) is 8.30. The molecule has 0 radical (unpaired) electrons. The van der Waals surface area contributed by atoms with Crippen LogP contribution in [0, 0.1) is 0 Å². The van der Waals surface area contributed by atoms with Gasteiger partial charge in [-0.3, -0.25) is 13.9 Å². The van der Waals surface area contributed by atoms with Gasteiger partial charge >= 0.3 is 6.18 Å². The summed E-state index contributed by atoms with van der Waals surface area (Å²) in [7, 11) is -4.58. The predicted molar refractivity (Wildman–Crippen MR) is 188 cm³/mol. The molecule has 2 amide bonds. The summed E-state index contributed by atoms with van der Waals surface area (Å²) in [4.78, 5) is 29.9. The smallest absolute Gasteiger partial charge is 0.352 e. The first-order valence-electron chi connectivity index (χ1n) is 16.2. The first-order chi connectivity index (χ1) is 23.8. The summed E-state index contributed by atoms with van der Waals surface area (Å²) in [6.45, 7) is -1.07. The van der Waals surface area contributed by atoms with Gasteiger partial charge in [0.15, 0.2) is 0 Å². The van der Waals surface area contributed by atoms with Gasteiger partial charge in [0.2, 0.25) is 11.8 Å². The summed E-state index contributed by atoms with van der Waals surface area (Å²) in [5, 5.41) is 3.59. The van der Waals surface area contributed by atoms with Crippen molar-refractivity contribution in [3.8, 4) is 0 Å². The van der Waals surface area contributed by atoms with Crippen molar-refractivity contribution in [2.45, 2.75) is 68.2 Å². The van der Waals surface area contributed by atoms with Crippen molar-refractivity contribution in [2.24, 2.45) is 0 Å². The molecule has 264 valence electrons. The zero-order valence-electron chi connectivity index (χ0n) is 27.0. The van der Waals surface area contributed by atoms with Crippen LogP contribution in [-0.4, -0.2) is 43.8 Å². The summed E-state index contributed by atoms with van der Waals surface area (Å²) >= 11 is 12.5. The molecule has 1 N–H and O–H groups in total. The number of hydrogen-bond acceptors (Lipinski definition) is 4. The number of amides is 2. The van der Waals surface area contributed by atoms with Crippen LogP contribution in [-0.2, 0) is 38.8 Å². The largest absolute Gasteiger partial charge is 0.416 e. The molecule has 0 aromatic heterocycles. The van der Waals surface area contributed by atoms with Crippen molar-refractivity contribution < 1.29 is 31.2 Å². The number of carbonyl (C=O) groups excluding carboxylic acids is 2. The van der Waals surface area contributed by atoms with Gasteiger partial charge in [0, 0.05) is 19.0 Å². The van der Waals surface area contributed by atoms with Crippen molar-refractivity contribution in [1.29, 1.82) is 0 Å². The topological polar surface area (TPSA) is 86.8 Å². The normalized spacial score (nSPS) is 14.5. The van der Waals surface area contributed by atoms with Crippen LogP contribution in [0.5, 0.6) is 0 Å². The average molecular weight is 747 g/mol. The lowest BCUT2D eigenvalue weighted by atomic mass is 9.94. The van der Waals surface area contributed by atoms with Crippen molar-refractivity contribution in [2.75, 3.05) is 10.8 Å². The maximum absolute atomic E-state index is 14.6. The van der Waals surface area contributed by atoms with Crippen LogP contribution in [0.15, 0.2) is 108 Å². The molecule has 0 bridgehead atoms. The van der Waals surface area contributed by atoms with Gasteiger partial charge in [-0.1, -0.05) is 103 Å². The SMILES string of the molecule is O=C(NC1CCCCC1)C(Cc1ccccc1)N(Cc1ccc(Cl)c(Cl)c1)C(=O)CN(c1cccc(C(F)(F)F)c1)S(=O)(=O)c1ccccc1. The second-order valence-electron chi connectivity index (χ2n) is 12.2. The summed E-state index contributed by atoms with van der Waals surface area (Å²) in [5.74, 6) is -1.24. The highest BCUT2D eigenvalue weighted by molar-refractivity contribution is 7.92. The van der Waals surface area contributed by atoms with Crippen LogP contribution in [0.2, 0.25) is 10.0 Å². The van der Waals surface area contributed by atoms with Crippen LogP contribution in [0.25, 0.3) is 0 Å². The Morgan fingerprint density at radius 3 is 2.10 bits per heavy atom. The average Bonchev–Trinajstić information content (AvgIpc) is 3.11. The minimum atomic E-state index is -4.78. The van der Waals surface area contributed by atoms with Gasteiger partial charge in [0.1, 0.15) is 12.6 Å². The van der Waals surface area contributed by atoms with Crippen molar-refractivity contribution in [3.05, 3.63) is 130 Å². The molecule has 1 aliphatic rings. The van der Waals surface area contributed by atoms with Gasteiger partial charge in [-0.25, -0.2) is 8.42 Å². The van der Waals surface area contributed by atoms with E-state index in [-0.39, 0.29) is 39.6 Å².